The number of carboxylic acid groups (broad SMARTS) is 1. The summed E-state index contributed by atoms with van der Waals surface area (Å²) in [6.07, 6.45) is 1.02. The molecule has 2 heterocycles. The Morgan fingerprint density at radius 3 is 2.86 bits per heavy atom. The predicted octanol–water partition coefficient (Wildman–Crippen LogP) is 1.34. The maximum atomic E-state index is 11.9. The van der Waals surface area contributed by atoms with Crippen molar-refractivity contribution < 1.29 is 19.4 Å². The molecule has 0 spiro atoms. The number of amides is 1. The molecule has 0 aliphatic carbocycles. The Balaban J connectivity index is 2.24. The fraction of sp³-hybridized carbons (Fsp3) is 0.538. The van der Waals surface area contributed by atoms with E-state index in [1.807, 2.05) is 13.8 Å². The van der Waals surface area contributed by atoms with Crippen LogP contribution in [0.5, 0.6) is 0 Å². The number of rotatable bonds is 5. The lowest BCUT2D eigenvalue weighted by atomic mass is 10.0. The molecule has 2 atom stereocenters. The first-order valence-electron chi connectivity index (χ1n) is 6.68. The van der Waals surface area contributed by atoms with Gasteiger partial charge in [-0.05, 0) is 18.9 Å². The van der Waals surface area contributed by atoms with Crippen LogP contribution in [-0.4, -0.2) is 45.8 Å². The highest BCUT2D eigenvalue weighted by Crippen LogP contribution is 2.25. The van der Waals surface area contributed by atoms with Gasteiger partial charge in [0.25, 0.3) is 0 Å². The number of hydrogen-bond donors (Lipinski definition) is 2. The lowest BCUT2D eigenvalue weighted by Crippen LogP contribution is -2.38. The molecule has 1 aromatic rings. The summed E-state index contributed by atoms with van der Waals surface area (Å²) in [5.74, 6) is -0.249. The van der Waals surface area contributed by atoms with Crippen molar-refractivity contribution in [2.24, 2.45) is 5.92 Å². The van der Waals surface area contributed by atoms with Crippen molar-refractivity contribution in [2.75, 3.05) is 16.8 Å². The van der Waals surface area contributed by atoms with E-state index < -0.39 is 18.1 Å². The molecule has 1 aliphatic heterocycles. The summed E-state index contributed by atoms with van der Waals surface area (Å²) in [4.78, 5) is 32.3. The molecule has 1 fully saturated rings. The normalized spacial score (nSPS) is 19.5. The van der Waals surface area contributed by atoms with Crippen molar-refractivity contribution in [3.05, 3.63) is 12.3 Å². The van der Waals surface area contributed by atoms with Gasteiger partial charge in [-0.25, -0.2) is 9.78 Å². The first-order chi connectivity index (χ1) is 9.90. The van der Waals surface area contributed by atoms with Crippen LogP contribution in [0.4, 0.5) is 16.6 Å². The zero-order valence-electron chi connectivity index (χ0n) is 12.1. The van der Waals surface area contributed by atoms with Crippen molar-refractivity contribution in [2.45, 2.75) is 32.9 Å². The van der Waals surface area contributed by atoms with Gasteiger partial charge >= 0.3 is 12.1 Å². The number of cyclic esters (lactones) is 1. The van der Waals surface area contributed by atoms with Crippen LogP contribution < -0.4 is 10.2 Å². The Morgan fingerprint density at radius 2 is 2.24 bits per heavy atom. The summed E-state index contributed by atoms with van der Waals surface area (Å²) in [6.45, 7) is 5.78. The van der Waals surface area contributed by atoms with E-state index in [1.165, 1.54) is 18.0 Å². The van der Waals surface area contributed by atoms with E-state index in [0.717, 1.165) is 0 Å². The monoisotopic (exact) mass is 294 g/mol. The zero-order chi connectivity index (χ0) is 15.6. The topological polar surface area (TPSA) is 105 Å². The van der Waals surface area contributed by atoms with Gasteiger partial charge in [0.15, 0.2) is 0 Å². The number of carboxylic acids is 1. The van der Waals surface area contributed by atoms with Crippen molar-refractivity contribution >= 4 is 23.8 Å². The smallest absolute Gasteiger partial charge is 0.415 e. The van der Waals surface area contributed by atoms with Gasteiger partial charge in [0.2, 0.25) is 5.95 Å². The van der Waals surface area contributed by atoms with Crippen LogP contribution in [0.15, 0.2) is 12.3 Å². The molecule has 0 bridgehead atoms. The van der Waals surface area contributed by atoms with E-state index in [-0.39, 0.29) is 17.9 Å². The number of nitrogens with one attached hydrogen (secondary N) is 1. The fourth-order valence-electron chi connectivity index (χ4n) is 2.00. The molecule has 8 nitrogen and oxygen atoms in total. The van der Waals surface area contributed by atoms with Crippen LogP contribution in [0.25, 0.3) is 0 Å². The van der Waals surface area contributed by atoms with Gasteiger partial charge in [-0.15, -0.1) is 0 Å². The molecule has 0 unspecified atom stereocenters. The van der Waals surface area contributed by atoms with Gasteiger partial charge in [-0.2, -0.15) is 4.98 Å². The van der Waals surface area contributed by atoms with Crippen LogP contribution in [-0.2, 0) is 9.53 Å². The van der Waals surface area contributed by atoms with Gasteiger partial charge in [0, 0.05) is 6.20 Å². The molecule has 1 amide bonds. The van der Waals surface area contributed by atoms with Crippen LogP contribution in [0.2, 0.25) is 0 Å². The molecule has 114 valence electrons. The number of carbonyl (C=O) groups is 2. The summed E-state index contributed by atoms with van der Waals surface area (Å²) in [5, 5.41) is 11.5. The molecular formula is C13H18N4O4. The maximum absolute atomic E-state index is 11.9. The Morgan fingerprint density at radius 1 is 1.52 bits per heavy atom. The van der Waals surface area contributed by atoms with Crippen LogP contribution >= 0.6 is 0 Å². The first-order valence-corrected chi connectivity index (χ1v) is 6.68. The van der Waals surface area contributed by atoms with E-state index in [2.05, 4.69) is 15.3 Å². The van der Waals surface area contributed by atoms with Gasteiger partial charge in [-0.1, -0.05) is 13.8 Å². The van der Waals surface area contributed by atoms with E-state index >= 15 is 0 Å². The van der Waals surface area contributed by atoms with Crippen LogP contribution in [0.1, 0.15) is 20.8 Å². The van der Waals surface area contributed by atoms with Gasteiger partial charge in [0.05, 0.1) is 6.04 Å². The molecule has 1 aromatic heterocycles. The largest absolute Gasteiger partial charge is 0.480 e. The Hall–Kier alpha value is -2.38. The second-order valence-corrected chi connectivity index (χ2v) is 5.20. The van der Waals surface area contributed by atoms with E-state index in [9.17, 15) is 9.59 Å². The van der Waals surface area contributed by atoms with E-state index in [4.69, 9.17) is 9.84 Å². The third-order valence-corrected chi connectivity index (χ3v) is 3.28. The Labute approximate surface area is 122 Å². The minimum Gasteiger partial charge on any atom is -0.480 e. The number of aliphatic carboxylic acids is 1. The minimum absolute atomic E-state index is 0.0999. The average molecular weight is 294 g/mol. The first kappa shape index (κ1) is 15.0. The number of carbonyl (C=O) groups excluding carboxylic acids is 1. The molecule has 0 aromatic carbocycles. The minimum atomic E-state index is -1.01. The molecule has 0 saturated carbocycles. The molecule has 1 aliphatic rings. The zero-order valence-corrected chi connectivity index (χ0v) is 12.1. The Kier molecular flexibility index (Phi) is 4.25. The molecule has 0 radical (unpaired) electrons. The highest BCUT2D eigenvalue weighted by molar-refractivity contribution is 5.89. The number of anilines is 2. The fourth-order valence-corrected chi connectivity index (χ4v) is 2.00. The van der Waals surface area contributed by atoms with Gasteiger partial charge in [-0.3, -0.25) is 9.69 Å². The van der Waals surface area contributed by atoms with Crippen molar-refractivity contribution in [3.63, 3.8) is 0 Å². The summed E-state index contributed by atoms with van der Waals surface area (Å²) in [6, 6.07) is 0.669. The molecule has 2 N–H and O–H groups in total. The lowest BCUT2D eigenvalue weighted by molar-refractivity contribution is -0.137. The molecule has 2 rings (SSSR count). The summed E-state index contributed by atoms with van der Waals surface area (Å²) < 4.78 is 5.07. The third kappa shape index (κ3) is 3.21. The SMILES string of the molecule is CC(C)[C@H]1COC(=O)N1c1ccnc(N[C@@H](C)C(=O)O)n1. The Bertz CT molecular complexity index is 549. The third-order valence-electron chi connectivity index (χ3n) is 3.28. The molecular weight excluding hydrogens is 276 g/mol. The van der Waals surface area contributed by atoms with Crippen LogP contribution in [0, 0.1) is 5.92 Å². The quantitative estimate of drug-likeness (QED) is 0.844. The lowest BCUT2D eigenvalue weighted by Gasteiger charge is -2.23. The maximum Gasteiger partial charge on any atom is 0.415 e. The highest BCUT2D eigenvalue weighted by Gasteiger charge is 2.37. The van der Waals surface area contributed by atoms with Gasteiger partial charge in [0.1, 0.15) is 18.5 Å². The second kappa shape index (κ2) is 5.94. The predicted molar refractivity (Wildman–Crippen MR) is 75.2 cm³/mol. The van der Waals surface area contributed by atoms with Crippen molar-refractivity contribution in [3.8, 4) is 0 Å². The molecule has 8 heteroatoms. The van der Waals surface area contributed by atoms with Crippen molar-refractivity contribution in [1.29, 1.82) is 0 Å². The highest BCUT2D eigenvalue weighted by atomic mass is 16.6. The van der Waals surface area contributed by atoms with Gasteiger partial charge < -0.3 is 15.2 Å². The van der Waals surface area contributed by atoms with Crippen molar-refractivity contribution in [1.82, 2.24) is 9.97 Å². The number of aromatic nitrogens is 2. The average Bonchev–Trinajstić information content (AvgIpc) is 2.81. The summed E-state index contributed by atoms with van der Waals surface area (Å²) >= 11 is 0. The standard InChI is InChI=1S/C13H18N4O4/c1-7(2)9-6-21-13(20)17(9)10-4-5-14-12(16-10)15-8(3)11(18)19/h4-5,7-9H,6H2,1-3H3,(H,18,19)(H,14,15,16)/t8-,9+/m0/s1. The molecule has 21 heavy (non-hydrogen) atoms. The number of nitrogens with zero attached hydrogens (tertiary/aromatic N) is 3. The van der Waals surface area contributed by atoms with E-state index in [0.29, 0.717) is 12.4 Å². The second-order valence-electron chi connectivity index (χ2n) is 5.20. The van der Waals surface area contributed by atoms with Crippen LogP contribution in [0.3, 0.4) is 0 Å². The molecule has 1 saturated heterocycles. The summed E-state index contributed by atoms with van der Waals surface area (Å²) in [7, 11) is 0. The number of hydrogen-bond acceptors (Lipinski definition) is 6. The van der Waals surface area contributed by atoms with E-state index in [1.54, 1.807) is 6.07 Å². The number of ether oxygens (including phenoxy) is 1. The summed E-state index contributed by atoms with van der Waals surface area (Å²) in [5.41, 5.74) is 0.